The molecule has 0 atom stereocenters. The van der Waals surface area contributed by atoms with Crippen LogP contribution in [0, 0.1) is 13.8 Å². The largest absolute Gasteiger partial charge is 0.493 e. The topological polar surface area (TPSA) is 82.1 Å². The molecule has 4 rings (SSSR count). The summed E-state index contributed by atoms with van der Waals surface area (Å²) in [7, 11) is 1.46. The Labute approximate surface area is 227 Å². The maximum absolute atomic E-state index is 12.9. The first-order valence-corrected chi connectivity index (χ1v) is 13.0. The number of benzene rings is 3. The molecule has 0 saturated carbocycles. The fourth-order valence-electron chi connectivity index (χ4n) is 3.50. The van der Waals surface area contributed by atoms with Crippen LogP contribution in [0.2, 0.25) is 0 Å². The highest BCUT2D eigenvalue weighted by Crippen LogP contribution is 2.39. The quantitative estimate of drug-likeness (QED) is 0.173. The highest BCUT2D eigenvalue weighted by atomic mass is 79.9. The van der Waals surface area contributed by atoms with E-state index in [1.807, 2.05) is 50.2 Å². The maximum Gasteiger partial charge on any atom is 0.343 e. The number of esters is 1. The number of hydrogen-bond donors (Lipinski definition) is 0. The number of carbonyl (C=O) groups excluding carboxylic acids is 3. The average Bonchev–Trinajstić information content (AvgIpc) is 3.14. The normalized spacial score (nSPS) is 14.3. The molecule has 7 nitrogen and oxygen atoms in total. The summed E-state index contributed by atoms with van der Waals surface area (Å²) in [5.41, 5.74) is 3.15. The van der Waals surface area contributed by atoms with Crippen molar-refractivity contribution in [1.29, 1.82) is 0 Å². The molecular formula is C28H24BrNO6S. The molecule has 0 bridgehead atoms. The highest BCUT2D eigenvalue weighted by molar-refractivity contribution is 9.10. The molecule has 0 unspecified atom stereocenters. The van der Waals surface area contributed by atoms with Crippen LogP contribution < -0.4 is 14.2 Å². The Balaban J connectivity index is 1.46. The van der Waals surface area contributed by atoms with Crippen molar-refractivity contribution in [3.63, 3.8) is 0 Å². The van der Waals surface area contributed by atoms with E-state index in [9.17, 15) is 14.4 Å². The van der Waals surface area contributed by atoms with Gasteiger partial charge in [0.2, 0.25) is 0 Å². The molecule has 0 spiro atoms. The number of halogens is 1. The second-order valence-corrected chi connectivity index (χ2v) is 10.1. The molecule has 1 saturated heterocycles. The van der Waals surface area contributed by atoms with E-state index in [-0.39, 0.29) is 29.0 Å². The predicted octanol–water partition coefficient (Wildman–Crippen LogP) is 6.41. The van der Waals surface area contributed by atoms with Gasteiger partial charge in [0.05, 0.1) is 28.6 Å². The van der Waals surface area contributed by atoms with Crippen molar-refractivity contribution in [2.45, 2.75) is 13.8 Å². The monoisotopic (exact) mass is 581 g/mol. The number of ether oxygens (including phenoxy) is 3. The zero-order chi connectivity index (χ0) is 26.5. The van der Waals surface area contributed by atoms with Crippen molar-refractivity contribution >= 4 is 50.9 Å². The zero-order valence-electron chi connectivity index (χ0n) is 20.4. The number of hydrogen-bond acceptors (Lipinski definition) is 7. The summed E-state index contributed by atoms with van der Waals surface area (Å²) >= 11 is 4.29. The van der Waals surface area contributed by atoms with Gasteiger partial charge in [-0.2, -0.15) is 0 Å². The summed E-state index contributed by atoms with van der Waals surface area (Å²) in [6, 6.07) is 17.9. The van der Waals surface area contributed by atoms with E-state index >= 15 is 0 Å². The first-order valence-electron chi connectivity index (χ1n) is 11.4. The molecule has 0 aromatic heterocycles. The van der Waals surface area contributed by atoms with Gasteiger partial charge in [-0.05, 0) is 89.6 Å². The third kappa shape index (κ3) is 6.42. The smallest absolute Gasteiger partial charge is 0.343 e. The lowest BCUT2D eigenvalue weighted by Crippen LogP contribution is -2.32. The van der Waals surface area contributed by atoms with Crippen molar-refractivity contribution in [1.82, 2.24) is 4.90 Å². The molecule has 0 N–H and O–H groups in total. The Hall–Kier alpha value is -3.56. The van der Waals surface area contributed by atoms with Gasteiger partial charge in [0.1, 0.15) is 12.4 Å². The van der Waals surface area contributed by atoms with Crippen molar-refractivity contribution in [2.24, 2.45) is 0 Å². The lowest BCUT2D eigenvalue weighted by Gasteiger charge is -2.13. The third-order valence-corrected chi connectivity index (χ3v) is 7.01. The number of methoxy groups -OCH3 is 1. The Morgan fingerprint density at radius 2 is 1.65 bits per heavy atom. The minimum Gasteiger partial charge on any atom is -0.493 e. The Morgan fingerprint density at radius 1 is 1.00 bits per heavy atom. The van der Waals surface area contributed by atoms with E-state index in [0.29, 0.717) is 27.1 Å². The molecular weight excluding hydrogens is 558 g/mol. The number of carbonyl (C=O) groups is 3. The Bertz CT molecular complexity index is 1370. The summed E-state index contributed by atoms with van der Waals surface area (Å²) in [4.78, 5) is 39.4. The molecule has 37 heavy (non-hydrogen) atoms. The second kappa shape index (κ2) is 11.7. The predicted molar refractivity (Wildman–Crippen MR) is 146 cm³/mol. The molecule has 1 fully saturated rings. The number of imide groups is 1. The van der Waals surface area contributed by atoms with E-state index in [4.69, 9.17) is 14.2 Å². The summed E-state index contributed by atoms with van der Waals surface area (Å²) < 4.78 is 17.1. The fourth-order valence-corrected chi connectivity index (χ4v) is 4.90. The van der Waals surface area contributed by atoms with Gasteiger partial charge in [-0.1, -0.05) is 35.4 Å². The van der Waals surface area contributed by atoms with Gasteiger partial charge in [0.15, 0.2) is 11.5 Å². The standard InChI is InChI=1S/C28H24BrNO6S/c1-17-4-8-20(9-5-17)27(32)36-25-22(29)14-19(15-23(25)34-3)16-24-26(31)30(28(33)37-24)12-13-35-21-10-6-18(2)7-11-21/h4-11,14-16H,12-13H2,1-3H3/b24-16-. The summed E-state index contributed by atoms with van der Waals surface area (Å²) in [6.07, 6.45) is 1.60. The number of aryl methyl sites for hydroxylation is 2. The van der Waals surface area contributed by atoms with Crippen LogP contribution >= 0.6 is 27.7 Å². The van der Waals surface area contributed by atoms with Crippen molar-refractivity contribution in [2.75, 3.05) is 20.3 Å². The SMILES string of the molecule is COc1cc(/C=C2\SC(=O)N(CCOc3ccc(C)cc3)C2=O)cc(Br)c1OC(=O)c1ccc(C)cc1. The molecule has 1 aliphatic rings. The van der Waals surface area contributed by atoms with Crippen LogP contribution in [0.25, 0.3) is 6.08 Å². The van der Waals surface area contributed by atoms with Crippen molar-refractivity contribution in [3.8, 4) is 17.2 Å². The van der Waals surface area contributed by atoms with Gasteiger partial charge < -0.3 is 14.2 Å². The van der Waals surface area contributed by atoms with Crippen LogP contribution in [0.15, 0.2) is 70.0 Å². The van der Waals surface area contributed by atoms with E-state index < -0.39 is 11.9 Å². The molecule has 3 aromatic carbocycles. The molecule has 9 heteroatoms. The van der Waals surface area contributed by atoms with Crippen LogP contribution in [0.1, 0.15) is 27.0 Å². The molecule has 2 amide bonds. The van der Waals surface area contributed by atoms with Gasteiger partial charge in [-0.15, -0.1) is 0 Å². The Morgan fingerprint density at radius 3 is 2.30 bits per heavy atom. The maximum atomic E-state index is 12.9. The van der Waals surface area contributed by atoms with Gasteiger partial charge in [0, 0.05) is 0 Å². The van der Waals surface area contributed by atoms with Gasteiger partial charge in [-0.25, -0.2) is 4.79 Å². The lowest BCUT2D eigenvalue weighted by molar-refractivity contribution is -0.123. The molecule has 3 aromatic rings. The molecule has 1 aliphatic heterocycles. The van der Waals surface area contributed by atoms with Crippen molar-refractivity contribution < 1.29 is 28.6 Å². The number of rotatable bonds is 8. The van der Waals surface area contributed by atoms with Crippen LogP contribution in [0.5, 0.6) is 17.2 Å². The van der Waals surface area contributed by atoms with Gasteiger partial charge in [-0.3, -0.25) is 14.5 Å². The van der Waals surface area contributed by atoms with E-state index in [1.165, 1.54) is 7.11 Å². The van der Waals surface area contributed by atoms with Crippen LogP contribution in [-0.2, 0) is 4.79 Å². The minimum atomic E-state index is -0.527. The molecule has 0 radical (unpaired) electrons. The fraction of sp³-hybridized carbons (Fsp3) is 0.179. The lowest BCUT2D eigenvalue weighted by atomic mass is 10.1. The summed E-state index contributed by atoms with van der Waals surface area (Å²) in [6.45, 7) is 4.24. The van der Waals surface area contributed by atoms with Gasteiger partial charge >= 0.3 is 5.97 Å². The summed E-state index contributed by atoms with van der Waals surface area (Å²) in [5.74, 6) is 0.264. The zero-order valence-corrected chi connectivity index (χ0v) is 22.9. The van der Waals surface area contributed by atoms with E-state index in [2.05, 4.69) is 15.9 Å². The minimum absolute atomic E-state index is 0.136. The average molecular weight is 582 g/mol. The van der Waals surface area contributed by atoms with Crippen LogP contribution in [0.4, 0.5) is 4.79 Å². The number of nitrogens with zero attached hydrogens (tertiary/aromatic N) is 1. The van der Waals surface area contributed by atoms with Crippen LogP contribution in [-0.4, -0.2) is 42.3 Å². The first-order chi connectivity index (χ1) is 17.7. The summed E-state index contributed by atoms with van der Waals surface area (Å²) in [5, 5.41) is -0.363. The molecule has 190 valence electrons. The van der Waals surface area contributed by atoms with Gasteiger partial charge in [0.25, 0.3) is 11.1 Å². The van der Waals surface area contributed by atoms with Crippen molar-refractivity contribution in [3.05, 3.63) is 92.3 Å². The van der Waals surface area contributed by atoms with Crippen LogP contribution in [0.3, 0.4) is 0 Å². The first kappa shape index (κ1) is 26.5. The van der Waals surface area contributed by atoms with E-state index in [1.54, 1.807) is 30.3 Å². The molecule has 0 aliphatic carbocycles. The molecule has 1 heterocycles. The third-order valence-electron chi connectivity index (χ3n) is 5.51. The second-order valence-electron chi connectivity index (χ2n) is 8.28. The number of thioether (sulfide) groups is 1. The Kier molecular flexibility index (Phi) is 8.35. The number of amides is 2. The highest BCUT2D eigenvalue weighted by Gasteiger charge is 2.35. The van der Waals surface area contributed by atoms with E-state index in [0.717, 1.165) is 27.8 Å².